The van der Waals surface area contributed by atoms with Crippen LogP contribution in [0.5, 0.6) is 0 Å². The molecule has 19 heavy (non-hydrogen) atoms. The molecule has 0 saturated carbocycles. The first-order valence-electron chi connectivity index (χ1n) is 6.01. The monoisotopic (exact) mass is 285 g/mol. The molecule has 94 valence electrons. The second kappa shape index (κ2) is 5.07. The van der Waals surface area contributed by atoms with Gasteiger partial charge in [-0.2, -0.15) is 0 Å². The van der Waals surface area contributed by atoms with E-state index in [-0.39, 0.29) is 0 Å². The van der Waals surface area contributed by atoms with E-state index in [0.29, 0.717) is 0 Å². The van der Waals surface area contributed by atoms with Crippen LogP contribution in [0.3, 0.4) is 0 Å². The van der Waals surface area contributed by atoms with Crippen LogP contribution in [0.4, 0.5) is 0 Å². The first kappa shape index (κ1) is 12.3. The lowest BCUT2D eigenvalue weighted by Crippen LogP contribution is -2.50. The Hall–Kier alpha value is -1.78. The molecule has 0 aliphatic rings. The van der Waals surface area contributed by atoms with Crippen molar-refractivity contribution in [1.82, 2.24) is 0 Å². The van der Waals surface area contributed by atoms with E-state index in [0.717, 1.165) is 21.1 Å². The summed E-state index contributed by atoms with van der Waals surface area (Å²) in [5.74, 6) is 0. The summed E-state index contributed by atoms with van der Waals surface area (Å²) >= 11 is 7.10. The zero-order chi connectivity index (χ0) is 13.2. The van der Waals surface area contributed by atoms with Gasteiger partial charge in [-0.05, 0) is 23.6 Å². The van der Waals surface area contributed by atoms with Crippen molar-refractivity contribution in [1.29, 1.82) is 0 Å². The first-order chi connectivity index (χ1) is 9.25. The third kappa shape index (κ3) is 2.37. The number of aromatic nitrogens is 1. The van der Waals surface area contributed by atoms with E-state index < -0.39 is 0 Å². The SMILES string of the molecule is Cc1ccc2ccccc2[n+]1NC(=S)c1cccs1. The predicted octanol–water partition coefficient (Wildman–Crippen LogP) is 3.42. The molecule has 0 bridgehead atoms. The average molecular weight is 285 g/mol. The van der Waals surface area contributed by atoms with E-state index in [9.17, 15) is 0 Å². The van der Waals surface area contributed by atoms with Crippen molar-refractivity contribution in [2.24, 2.45) is 0 Å². The topological polar surface area (TPSA) is 15.9 Å². The molecule has 0 aliphatic carbocycles. The molecule has 0 spiro atoms. The van der Waals surface area contributed by atoms with Crippen molar-refractivity contribution in [3.05, 3.63) is 64.5 Å². The molecule has 3 rings (SSSR count). The summed E-state index contributed by atoms with van der Waals surface area (Å²) in [4.78, 5) is 1.83. The van der Waals surface area contributed by atoms with E-state index in [4.69, 9.17) is 12.2 Å². The normalized spacial score (nSPS) is 10.6. The summed E-state index contributed by atoms with van der Waals surface area (Å²) < 4.78 is 2.04. The second-order valence-electron chi connectivity index (χ2n) is 4.29. The quantitative estimate of drug-likeness (QED) is 0.573. The zero-order valence-electron chi connectivity index (χ0n) is 10.5. The third-order valence-electron chi connectivity index (χ3n) is 2.99. The van der Waals surface area contributed by atoms with Crippen LogP contribution in [0.1, 0.15) is 10.6 Å². The Kier molecular flexibility index (Phi) is 3.27. The fourth-order valence-corrected chi connectivity index (χ4v) is 2.94. The number of pyridine rings is 1. The van der Waals surface area contributed by atoms with Gasteiger partial charge in [-0.15, -0.1) is 16.8 Å². The number of thiocarbonyl (C=S) groups is 1. The molecule has 1 N–H and O–H groups in total. The van der Waals surface area contributed by atoms with Gasteiger partial charge in [0.25, 0.3) is 0 Å². The maximum absolute atomic E-state index is 5.46. The van der Waals surface area contributed by atoms with Gasteiger partial charge in [0, 0.05) is 24.4 Å². The molecule has 0 saturated heterocycles. The molecule has 2 aromatic heterocycles. The smallest absolute Gasteiger partial charge is 0.148 e. The minimum atomic E-state index is 0.749. The number of fused-ring (bicyclic) bond motifs is 1. The van der Waals surface area contributed by atoms with Crippen molar-refractivity contribution >= 4 is 39.4 Å². The van der Waals surface area contributed by atoms with E-state index in [2.05, 4.69) is 36.6 Å². The minimum absolute atomic E-state index is 0.749. The Bertz CT molecular complexity index is 733. The molecule has 1 aromatic carbocycles. The lowest BCUT2D eigenvalue weighted by molar-refractivity contribution is -0.619. The molecule has 3 aromatic rings. The van der Waals surface area contributed by atoms with Crippen molar-refractivity contribution in [3.8, 4) is 0 Å². The Balaban J connectivity index is 2.05. The Morgan fingerprint density at radius 3 is 2.74 bits per heavy atom. The number of nitrogens with zero attached hydrogens (tertiary/aromatic N) is 1. The van der Waals surface area contributed by atoms with E-state index >= 15 is 0 Å². The van der Waals surface area contributed by atoms with Crippen molar-refractivity contribution in [3.63, 3.8) is 0 Å². The molecular formula is C15H13N2S2+. The summed E-state index contributed by atoms with van der Waals surface area (Å²) in [6, 6.07) is 16.5. The van der Waals surface area contributed by atoms with Gasteiger partial charge < -0.3 is 0 Å². The summed E-state index contributed by atoms with van der Waals surface area (Å²) in [5, 5.41) is 3.22. The fraction of sp³-hybridized carbons (Fsp3) is 0.0667. The van der Waals surface area contributed by atoms with Gasteiger partial charge in [0.15, 0.2) is 4.99 Å². The van der Waals surface area contributed by atoms with Gasteiger partial charge in [-0.1, -0.05) is 35.1 Å². The Morgan fingerprint density at radius 1 is 1.11 bits per heavy atom. The lowest BCUT2D eigenvalue weighted by Gasteiger charge is -2.05. The van der Waals surface area contributed by atoms with Gasteiger partial charge in [-0.25, -0.2) is 0 Å². The molecule has 0 fully saturated rings. The molecule has 0 aliphatic heterocycles. The fourth-order valence-electron chi connectivity index (χ4n) is 2.02. The summed E-state index contributed by atoms with van der Waals surface area (Å²) in [7, 11) is 0. The van der Waals surface area contributed by atoms with Crippen LogP contribution in [0.25, 0.3) is 10.9 Å². The van der Waals surface area contributed by atoms with Crippen molar-refractivity contribution in [2.45, 2.75) is 6.92 Å². The van der Waals surface area contributed by atoms with Crippen molar-refractivity contribution < 1.29 is 4.68 Å². The van der Waals surface area contributed by atoms with Crippen LogP contribution in [0.2, 0.25) is 0 Å². The van der Waals surface area contributed by atoms with Gasteiger partial charge in [0.2, 0.25) is 11.2 Å². The average Bonchev–Trinajstić information content (AvgIpc) is 2.96. The number of aryl methyl sites for hydroxylation is 1. The number of hydrogen-bond donors (Lipinski definition) is 1. The largest absolute Gasteiger partial charge is 0.243 e. The van der Waals surface area contributed by atoms with E-state index in [1.807, 2.05) is 34.3 Å². The number of benzene rings is 1. The third-order valence-corrected chi connectivity index (χ3v) is 4.32. The van der Waals surface area contributed by atoms with E-state index in [1.165, 1.54) is 5.39 Å². The number of para-hydroxylation sites is 1. The number of nitrogens with one attached hydrogen (secondary N) is 1. The standard InChI is InChI=1S/C15H12N2S2/c1-11-8-9-12-5-2-3-6-13(12)17(11)16-15(18)14-7-4-10-19-14/h2-10H,1H3/p+1. The minimum Gasteiger partial charge on any atom is -0.148 e. The number of thiophene rings is 1. The molecule has 0 atom stereocenters. The maximum atomic E-state index is 5.46. The summed E-state index contributed by atoms with van der Waals surface area (Å²) in [6.45, 7) is 2.07. The second-order valence-corrected chi connectivity index (χ2v) is 5.64. The van der Waals surface area contributed by atoms with Crippen LogP contribution in [-0.2, 0) is 0 Å². The molecular weight excluding hydrogens is 272 g/mol. The summed E-state index contributed by atoms with van der Waals surface area (Å²) in [6.07, 6.45) is 0. The Labute approximate surface area is 121 Å². The molecule has 2 heterocycles. The number of hydrogen-bond acceptors (Lipinski definition) is 2. The highest BCUT2D eigenvalue weighted by atomic mass is 32.1. The number of rotatable bonds is 2. The summed E-state index contributed by atoms with van der Waals surface area (Å²) in [5.41, 5.74) is 5.56. The van der Waals surface area contributed by atoms with Crippen LogP contribution in [-0.4, -0.2) is 4.99 Å². The molecule has 0 amide bonds. The van der Waals surface area contributed by atoms with Gasteiger partial charge in [0.05, 0.1) is 4.88 Å². The van der Waals surface area contributed by atoms with E-state index in [1.54, 1.807) is 11.3 Å². The van der Waals surface area contributed by atoms with Crippen LogP contribution >= 0.6 is 23.6 Å². The van der Waals surface area contributed by atoms with Crippen LogP contribution in [0.15, 0.2) is 53.9 Å². The first-order valence-corrected chi connectivity index (χ1v) is 7.30. The Morgan fingerprint density at radius 2 is 1.95 bits per heavy atom. The molecule has 0 radical (unpaired) electrons. The maximum Gasteiger partial charge on any atom is 0.243 e. The highest BCUT2D eigenvalue weighted by Crippen LogP contribution is 2.11. The predicted molar refractivity (Wildman–Crippen MR) is 84.3 cm³/mol. The highest BCUT2D eigenvalue weighted by molar-refractivity contribution is 7.81. The zero-order valence-corrected chi connectivity index (χ0v) is 12.1. The van der Waals surface area contributed by atoms with Crippen LogP contribution < -0.4 is 10.1 Å². The molecule has 0 unspecified atom stereocenters. The van der Waals surface area contributed by atoms with Crippen LogP contribution in [0, 0.1) is 6.92 Å². The molecule has 4 heteroatoms. The lowest BCUT2D eigenvalue weighted by atomic mass is 10.2. The van der Waals surface area contributed by atoms with Gasteiger partial charge in [-0.3, -0.25) is 0 Å². The van der Waals surface area contributed by atoms with Gasteiger partial charge >= 0.3 is 0 Å². The highest BCUT2D eigenvalue weighted by Gasteiger charge is 2.15. The molecule has 2 nitrogen and oxygen atoms in total. The van der Waals surface area contributed by atoms with Crippen molar-refractivity contribution in [2.75, 3.05) is 5.43 Å². The van der Waals surface area contributed by atoms with Gasteiger partial charge in [0.1, 0.15) is 0 Å².